The molecule has 0 aromatic carbocycles. The number of sulfonamides is 1. The van der Waals surface area contributed by atoms with Crippen LogP contribution in [0.25, 0.3) is 0 Å². The van der Waals surface area contributed by atoms with Crippen molar-refractivity contribution in [1.82, 2.24) is 4.90 Å². The molecule has 19 heavy (non-hydrogen) atoms. The standard InChI is InChI=1S/C11H18N2O4S2/c1-3-17-7-6-13(2)10(14)8-9-4-5-11(18-9)19(12,15)16/h4-5H,3,6-8H2,1-2H3,(H2,12,15,16). The zero-order valence-electron chi connectivity index (χ0n) is 11.0. The quantitative estimate of drug-likeness (QED) is 0.740. The van der Waals surface area contributed by atoms with E-state index in [1.165, 1.54) is 6.07 Å². The molecule has 0 spiro atoms. The minimum atomic E-state index is -3.68. The average molecular weight is 306 g/mol. The maximum Gasteiger partial charge on any atom is 0.247 e. The number of nitrogens with zero attached hydrogens (tertiary/aromatic N) is 1. The van der Waals surface area contributed by atoms with E-state index in [9.17, 15) is 13.2 Å². The summed E-state index contributed by atoms with van der Waals surface area (Å²) in [5.74, 6) is -0.0810. The third kappa shape index (κ3) is 5.27. The smallest absolute Gasteiger partial charge is 0.247 e. The Morgan fingerprint density at radius 3 is 2.68 bits per heavy atom. The van der Waals surface area contributed by atoms with Crippen LogP contribution in [0.1, 0.15) is 11.8 Å². The minimum absolute atomic E-state index is 0.0762. The molecule has 0 aliphatic heterocycles. The van der Waals surface area contributed by atoms with E-state index in [2.05, 4.69) is 0 Å². The molecule has 108 valence electrons. The second-order valence-electron chi connectivity index (χ2n) is 3.95. The Morgan fingerprint density at radius 1 is 1.47 bits per heavy atom. The first-order valence-electron chi connectivity index (χ1n) is 5.77. The van der Waals surface area contributed by atoms with E-state index in [0.29, 0.717) is 24.6 Å². The SMILES string of the molecule is CCOCCN(C)C(=O)Cc1ccc(S(N)(=O)=O)s1. The van der Waals surface area contributed by atoms with Gasteiger partial charge in [-0.3, -0.25) is 4.79 Å². The van der Waals surface area contributed by atoms with Gasteiger partial charge < -0.3 is 9.64 Å². The number of nitrogens with two attached hydrogens (primary N) is 1. The summed E-state index contributed by atoms with van der Waals surface area (Å²) >= 11 is 1.02. The lowest BCUT2D eigenvalue weighted by molar-refractivity contribution is -0.129. The number of carbonyl (C=O) groups excluding carboxylic acids is 1. The highest BCUT2D eigenvalue weighted by molar-refractivity contribution is 7.91. The van der Waals surface area contributed by atoms with Gasteiger partial charge in [0.1, 0.15) is 4.21 Å². The number of primary sulfonamides is 1. The van der Waals surface area contributed by atoms with Crippen LogP contribution in [0.15, 0.2) is 16.3 Å². The number of likely N-dealkylation sites (N-methyl/N-ethyl adjacent to an activating group) is 1. The normalized spacial score (nSPS) is 11.5. The van der Waals surface area contributed by atoms with Crippen molar-refractivity contribution in [1.29, 1.82) is 0 Å². The van der Waals surface area contributed by atoms with Crippen LogP contribution in [0.3, 0.4) is 0 Å². The van der Waals surface area contributed by atoms with Gasteiger partial charge in [-0.15, -0.1) is 11.3 Å². The maximum atomic E-state index is 11.9. The molecule has 0 unspecified atom stereocenters. The number of amides is 1. The van der Waals surface area contributed by atoms with Crippen LogP contribution in [0.2, 0.25) is 0 Å². The van der Waals surface area contributed by atoms with E-state index >= 15 is 0 Å². The third-order valence-corrected chi connectivity index (χ3v) is 4.97. The number of ether oxygens (including phenoxy) is 1. The Balaban J connectivity index is 2.55. The van der Waals surface area contributed by atoms with Gasteiger partial charge in [-0.1, -0.05) is 0 Å². The lowest BCUT2D eigenvalue weighted by Gasteiger charge is -2.16. The average Bonchev–Trinajstić information content (AvgIpc) is 2.77. The topological polar surface area (TPSA) is 89.7 Å². The van der Waals surface area contributed by atoms with Crippen molar-refractivity contribution < 1.29 is 17.9 Å². The van der Waals surface area contributed by atoms with Gasteiger partial charge in [-0.05, 0) is 19.1 Å². The van der Waals surface area contributed by atoms with Gasteiger partial charge in [-0.25, -0.2) is 13.6 Å². The molecule has 0 saturated carbocycles. The molecule has 0 aliphatic rings. The highest BCUT2D eigenvalue weighted by Gasteiger charge is 2.15. The van der Waals surface area contributed by atoms with E-state index in [1.54, 1.807) is 18.0 Å². The van der Waals surface area contributed by atoms with Crippen LogP contribution in [0, 0.1) is 0 Å². The number of carbonyl (C=O) groups is 1. The van der Waals surface area contributed by atoms with Crippen LogP contribution >= 0.6 is 11.3 Å². The summed E-state index contributed by atoms with van der Waals surface area (Å²) in [5.41, 5.74) is 0. The van der Waals surface area contributed by atoms with E-state index in [-0.39, 0.29) is 16.5 Å². The van der Waals surface area contributed by atoms with Crippen molar-refractivity contribution in [2.24, 2.45) is 5.14 Å². The van der Waals surface area contributed by atoms with Gasteiger partial charge in [0.25, 0.3) is 0 Å². The van der Waals surface area contributed by atoms with Crippen LogP contribution in [-0.4, -0.2) is 46.0 Å². The molecular weight excluding hydrogens is 288 g/mol. The molecule has 0 atom stereocenters. The first-order chi connectivity index (χ1) is 8.84. The van der Waals surface area contributed by atoms with Crippen molar-refractivity contribution in [3.8, 4) is 0 Å². The molecule has 0 aliphatic carbocycles. The van der Waals surface area contributed by atoms with Crippen LogP contribution in [-0.2, 0) is 26.0 Å². The van der Waals surface area contributed by atoms with Crippen LogP contribution < -0.4 is 5.14 Å². The molecule has 2 N–H and O–H groups in total. The molecule has 6 nitrogen and oxygen atoms in total. The van der Waals surface area contributed by atoms with Gasteiger partial charge in [0.2, 0.25) is 15.9 Å². The molecule has 0 fully saturated rings. The van der Waals surface area contributed by atoms with Gasteiger partial charge in [-0.2, -0.15) is 0 Å². The lowest BCUT2D eigenvalue weighted by atomic mass is 10.3. The first-order valence-corrected chi connectivity index (χ1v) is 8.14. The molecule has 8 heteroatoms. The molecule has 1 aromatic rings. The molecule has 1 heterocycles. The third-order valence-electron chi connectivity index (χ3n) is 2.44. The van der Waals surface area contributed by atoms with E-state index < -0.39 is 10.0 Å². The zero-order chi connectivity index (χ0) is 14.5. The minimum Gasteiger partial charge on any atom is -0.380 e. The molecule has 0 saturated heterocycles. The van der Waals surface area contributed by atoms with Gasteiger partial charge >= 0.3 is 0 Å². The second kappa shape index (κ2) is 6.99. The molecule has 0 radical (unpaired) electrons. The maximum absolute atomic E-state index is 11.9. The largest absolute Gasteiger partial charge is 0.380 e. The summed E-state index contributed by atoms with van der Waals surface area (Å²) < 4.78 is 27.5. The van der Waals surface area contributed by atoms with Crippen molar-refractivity contribution in [3.05, 3.63) is 17.0 Å². The Labute approximate surface area is 117 Å². The summed E-state index contributed by atoms with van der Waals surface area (Å²) in [6.07, 6.45) is 0.169. The van der Waals surface area contributed by atoms with E-state index in [4.69, 9.17) is 9.88 Å². The zero-order valence-corrected chi connectivity index (χ0v) is 12.6. The Hall–Kier alpha value is -0.960. The molecule has 1 aromatic heterocycles. The number of rotatable bonds is 7. The summed E-state index contributed by atoms with van der Waals surface area (Å²) in [5, 5.41) is 5.01. The second-order valence-corrected chi connectivity index (χ2v) is 6.91. The summed E-state index contributed by atoms with van der Waals surface area (Å²) in [6, 6.07) is 3.03. The first kappa shape index (κ1) is 16.1. The number of hydrogen-bond donors (Lipinski definition) is 1. The van der Waals surface area contributed by atoms with E-state index in [0.717, 1.165) is 11.3 Å². The molecule has 1 rings (SSSR count). The predicted octanol–water partition coefficient (Wildman–Crippen LogP) is 0.433. The molecule has 1 amide bonds. The van der Waals surface area contributed by atoms with Crippen molar-refractivity contribution in [3.63, 3.8) is 0 Å². The molecule has 0 bridgehead atoms. The predicted molar refractivity (Wildman–Crippen MR) is 73.5 cm³/mol. The highest BCUT2D eigenvalue weighted by atomic mass is 32.2. The van der Waals surface area contributed by atoms with Crippen molar-refractivity contribution in [2.75, 3.05) is 26.8 Å². The van der Waals surface area contributed by atoms with E-state index in [1.807, 2.05) is 6.92 Å². The fourth-order valence-corrected chi connectivity index (χ4v) is 3.13. The Morgan fingerprint density at radius 2 is 2.16 bits per heavy atom. The fraction of sp³-hybridized carbons (Fsp3) is 0.545. The Bertz CT molecular complexity index is 525. The number of thiophene rings is 1. The summed E-state index contributed by atoms with van der Waals surface area (Å²) in [7, 11) is -1.99. The lowest BCUT2D eigenvalue weighted by Crippen LogP contribution is -2.31. The monoisotopic (exact) mass is 306 g/mol. The molecular formula is C11H18N2O4S2. The Kier molecular flexibility index (Phi) is 5.92. The fourth-order valence-electron chi connectivity index (χ4n) is 1.36. The summed E-state index contributed by atoms with van der Waals surface area (Å²) in [4.78, 5) is 14.1. The number of hydrogen-bond acceptors (Lipinski definition) is 5. The van der Waals surface area contributed by atoms with Crippen LogP contribution in [0.5, 0.6) is 0 Å². The van der Waals surface area contributed by atoms with Gasteiger partial charge in [0.15, 0.2) is 0 Å². The highest BCUT2D eigenvalue weighted by Crippen LogP contribution is 2.21. The van der Waals surface area contributed by atoms with Crippen molar-refractivity contribution >= 4 is 27.3 Å². The van der Waals surface area contributed by atoms with Gasteiger partial charge in [0.05, 0.1) is 13.0 Å². The van der Waals surface area contributed by atoms with Crippen molar-refractivity contribution in [2.45, 2.75) is 17.6 Å². The summed E-state index contributed by atoms with van der Waals surface area (Å²) in [6.45, 7) is 3.51. The van der Waals surface area contributed by atoms with Crippen LogP contribution in [0.4, 0.5) is 0 Å². The van der Waals surface area contributed by atoms with Gasteiger partial charge in [0, 0.05) is 25.1 Å².